The molecule has 1 heterocycles. The summed E-state index contributed by atoms with van der Waals surface area (Å²) in [5.41, 5.74) is 0.769. The second-order valence-corrected chi connectivity index (χ2v) is 6.75. The standard InChI is InChI=1S/C15H17IN2O2/c1-9-3-2-4-10(7-9)14-17-15(20-18-14)11-5-6-12(16)13(19)8-11/h5-6,8-10,19H,2-4,7H2,1H3. The fraction of sp³-hybridized carbons (Fsp3) is 0.467. The van der Waals surface area contributed by atoms with Gasteiger partial charge in [-0.15, -0.1) is 0 Å². The van der Waals surface area contributed by atoms with Gasteiger partial charge in [-0.1, -0.05) is 24.9 Å². The molecule has 106 valence electrons. The molecule has 1 saturated carbocycles. The summed E-state index contributed by atoms with van der Waals surface area (Å²) in [4.78, 5) is 4.52. The van der Waals surface area contributed by atoms with Crippen LogP contribution in [-0.2, 0) is 0 Å². The van der Waals surface area contributed by atoms with Crippen LogP contribution in [0, 0.1) is 9.49 Å². The van der Waals surface area contributed by atoms with Crippen LogP contribution in [0.15, 0.2) is 22.7 Å². The van der Waals surface area contributed by atoms with Crippen molar-refractivity contribution in [3.8, 4) is 17.2 Å². The summed E-state index contributed by atoms with van der Waals surface area (Å²) < 4.78 is 6.17. The summed E-state index contributed by atoms with van der Waals surface area (Å²) in [7, 11) is 0. The minimum Gasteiger partial charge on any atom is -0.507 e. The molecule has 1 aliphatic rings. The number of phenols is 1. The predicted molar refractivity (Wildman–Crippen MR) is 84.5 cm³/mol. The monoisotopic (exact) mass is 384 g/mol. The molecule has 5 heteroatoms. The summed E-state index contributed by atoms with van der Waals surface area (Å²) in [6.07, 6.45) is 4.81. The van der Waals surface area contributed by atoms with E-state index in [1.54, 1.807) is 6.07 Å². The summed E-state index contributed by atoms with van der Waals surface area (Å²) in [6.45, 7) is 2.28. The van der Waals surface area contributed by atoms with Crippen molar-refractivity contribution >= 4 is 22.6 Å². The molecule has 1 fully saturated rings. The zero-order valence-corrected chi connectivity index (χ0v) is 13.5. The molecular formula is C15H17IN2O2. The van der Waals surface area contributed by atoms with Gasteiger partial charge in [0, 0.05) is 11.5 Å². The minimum atomic E-state index is 0.245. The SMILES string of the molecule is CC1CCCC(c2noc(-c3ccc(I)c(O)c3)n2)C1. The third kappa shape index (κ3) is 2.82. The van der Waals surface area contributed by atoms with Crippen molar-refractivity contribution < 1.29 is 9.63 Å². The quantitative estimate of drug-likeness (QED) is 0.783. The van der Waals surface area contributed by atoms with Crippen LogP contribution in [0.3, 0.4) is 0 Å². The molecule has 0 bridgehead atoms. The second-order valence-electron chi connectivity index (χ2n) is 5.59. The Bertz CT molecular complexity index is 612. The number of halogens is 1. The number of rotatable bonds is 2. The maximum Gasteiger partial charge on any atom is 0.258 e. The largest absolute Gasteiger partial charge is 0.507 e. The van der Waals surface area contributed by atoms with Gasteiger partial charge in [-0.05, 0) is 59.5 Å². The van der Waals surface area contributed by atoms with Gasteiger partial charge >= 0.3 is 0 Å². The van der Waals surface area contributed by atoms with Gasteiger partial charge in [-0.25, -0.2) is 0 Å². The first kappa shape index (κ1) is 13.9. The van der Waals surface area contributed by atoms with Crippen LogP contribution < -0.4 is 0 Å². The molecule has 1 N–H and O–H groups in total. The van der Waals surface area contributed by atoms with E-state index in [9.17, 15) is 5.11 Å². The lowest BCUT2D eigenvalue weighted by molar-refractivity contribution is 0.324. The van der Waals surface area contributed by atoms with Crippen molar-refractivity contribution in [2.75, 3.05) is 0 Å². The van der Waals surface area contributed by atoms with E-state index >= 15 is 0 Å². The Kier molecular flexibility index (Phi) is 3.96. The van der Waals surface area contributed by atoms with Crippen LogP contribution in [0.25, 0.3) is 11.5 Å². The van der Waals surface area contributed by atoms with Crippen molar-refractivity contribution in [1.82, 2.24) is 10.1 Å². The Balaban J connectivity index is 1.84. The number of hydrogen-bond donors (Lipinski definition) is 1. The normalized spacial score (nSPS) is 22.9. The Morgan fingerprint density at radius 3 is 2.95 bits per heavy atom. The van der Waals surface area contributed by atoms with Crippen molar-refractivity contribution in [3.05, 3.63) is 27.6 Å². The summed E-state index contributed by atoms with van der Waals surface area (Å²) in [6, 6.07) is 5.41. The second kappa shape index (κ2) is 5.71. The van der Waals surface area contributed by atoms with E-state index in [0.29, 0.717) is 11.8 Å². The van der Waals surface area contributed by atoms with Gasteiger partial charge in [0.05, 0.1) is 3.57 Å². The van der Waals surface area contributed by atoms with Gasteiger partial charge in [0.2, 0.25) is 0 Å². The maximum atomic E-state index is 9.75. The lowest BCUT2D eigenvalue weighted by atomic mass is 9.82. The lowest BCUT2D eigenvalue weighted by Gasteiger charge is -2.23. The Labute approximate surface area is 131 Å². The molecule has 20 heavy (non-hydrogen) atoms. The summed E-state index contributed by atoms with van der Waals surface area (Å²) in [5, 5.41) is 13.9. The van der Waals surface area contributed by atoms with Crippen LogP contribution in [-0.4, -0.2) is 15.2 Å². The summed E-state index contributed by atoms with van der Waals surface area (Å²) in [5.74, 6) is 2.69. The van der Waals surface area contributed by atoms with Crippen molar-refractivity contribution in [1.29, 1.82) is 0 Å². The topological polar surface area (TPSA) is 59.2 Å². The van der Waals surface area contributed by atoms with Gasteiger partial charge in [0.15, 0.2) is 5.82 Å². The van der Waals surface area contributed by atoms with Gasteiger partial charge < -0.3 is 9.63 Å². The highest BCUT2D eigenvalue weighted by molar-refractivity contribution is 14.1. The molecule has 1 aliphatic carbocycles. The smallest absolute Gasteiger partial charge is 0.258 e. The Morgan fingerprint density at radius 2 is 2.20 bits per heavy atom. The highest BCUT2D eigenvalue weighted by Crippen LogP contribution is 2.35. The fourth-order valence-corrected chi connectivity index (χ4v) is 3.17. The van der Waals surface area contributed by atoms with E-state index < -0.39 is 0 Å². The highest BCUT2D eigenvalue weighted by atomic mass is 127. The van der Waals surface area contributed by atoms with Gasteiger partial charge in [0.25, 0.3) is 5.89 Å². The van der Waals surface area contributed by atoms with Crippen LogP contribution in [0.4, 0.5) is 0 Å². The molecule has 3 rings (SSSR count). The maximum absolute atomic E-state index is 9.75. The Morgan fingerprint density at radius 1 is 1.35 bits per heavy atom. The number of benzene rings is 1. The van der Waals surface area contributed by atoms with Gasteiger partial charge in [-0.3, -0.25) is 0 Å². The summed E-state index contributed by atoms with van der Waals surface area (Å²) >= 11 is 2.09. The first-order valence-corrected chi connectivity index (χ1v) is 8.04. The molecule has 2 atom stereocenters. The zero-order valence-electron chi connectivity index (χ0n) is 11.3. The van der Waals surface area contributed by atoms with Crippen molar-refractivity contribution in [3.63, 3.8) is 0 Å². The number of phenolic OH excluding ortho intramolecular Hbond substituents is 1. The van der Waals surface area contributed by atoms with E-state index in [-0.39, 0.29) is 5.75 Å². The average Bonchev–Trinajstić information content (AvgIpc) is 2.92. The molecule has 0 amide bonds. The number of aromatic nitrogens is 2. The Hall–Kier alpha value is -1.11. The number of hydrogen-bond acceptors (Lipinski definition) is 4. The fourth-order valence-electron chi connectivity index (χ4n) is 2.83. The molecule has 1 aromatic carbocycles. The number of nitrogens with zero attached hydrogens (tertiary/aromatic N) is 2. The molecular weight excluding hydrogens is 367 g/mol. The van der Waals surface area contributed by atoms with E-state index in [4.69, 9.17) is 4.52 Å². The zero-order chi connectivity index (χ0) is 14.1. The molecule has 0 saturated heterocycles. The van der Waals surface area contributed by atoms with Gasteiger partial charge in [-0.2, -0.15) is 4.98 Å². The first-order chi connectivity index (χ1) is 9.63. The van der Waals surface area contributed by atoms with Crippen LogP contribution in [0.1, 0.15) is 44.3 Å². The number of aromatic hydroxyl groups is 1. The lowest BCUT2D eigenvalue weighted by Crippen LogP contribution is -2.12. The van der Waals surface area contributed by atoms with E-state index in [0.717, 1.165) is 33.7 Å². The first-order valence-electron chi connectivity index (χ1n) is 6.96. The molecule has 2 aromatic rings. The van der Waals surface area contributed by atoms with Crippen molar-refractivity contribution in [2.24, 2.45) is 5.92 Å². The van der Waals surface area contributed by atoms with Crippen LogP contribution in [0.2, 0.25) is 0 Å². The van der Waals surface area contributed by atoms with Crippen molar-refractivity contribution in [2.45, 2.75) is 38.5 Å². The highest BCUT2D eigenvalue weighted by Gasteiger charge is 2.25. The van der Waals surface area contributed by atoms with E-state index in [2.05, 4.69) is 39.7 Å². The van der Waals surface area contributed by atoms with Crippen LogP contribution >= 0.6 is 22.6 Å². The van der Waals surface area contributed by atoms with E-state index in [1.165, 1.54) is 12.8 Å². The minimum absolute atomic E-state index is 0.245. The van der Waals surface area contributed by atoms with Gasteiger partial charge in [0.1, 0.15) is 5.75 Å². The third-order valence-electron chi connectivity index (χ3n) is 3.94. The molecule has 0 spiro atoms. The molecule has 4 nitrogen and oxygen atoms in total. The molecule has 2 unspecified atom stereocenters. The third-order valence-corrected chi connectivity index (χ3v) is 4.85. The van der Waals surface area contributed by atoms with E-state index in [1.807, 2.05) is 12.1 Å². The molecule has 0 aliphatic heterocycles. The van der Waals surface area contributed by atoms with Crippen LogP contribution in [0.5, 0.6) is 5.75 Å². The average molecular weight is 384 g/mol. The predicted octanol–water partition coefficient (Wildman–Crippen LogP) is 4.34. The molecule has 0 radical (unpaired) electrons. The molecule has 1 aromatic heterocycles.